The molecular weight excluding hydrogens is 360 g/mol. The molecule has 2 heterocycles. The molecule has 1 N–H and O–H groups in total. The molecule has 2 aliphatic rings. The SMILES string of the molecule is O=C(NCCCOCC1CC1)c1ccc2c(c1)C(=O)N(Cc1ccco1)C2=O. The number of ether oxygens (including phenoxy) is 1. The van der Waals surface area contributed by atoms with E-state index >= 15 is 0 Å². The van der Waals surface area contributed by atoms with Crippen molar-refractivity contribution in [1.82, 2.24) is 10.2 Å². The van der Waals surface area contributed by atoms with Crippen LogP contribution in [0.5, 0.6) is 0 Å². The van der Waals surface area contributed by atoms with Gasteiger partial charge in [0.1, 0.15) is 5.76 Å². The van der Waals surface area contributed by atoms with Gasteiger partial charge in [-0.1, -0.05) is 0 Å². The number of amides is 3. The molecule has 146 valence electrons. The van der Waals surface area contributed by atoms with Crippen LogP contribution in [0.25, 0.3) is 0 Å². The first-order valence-electron chi connectivity index (χ1n) is 9.52. The van der Waals surface area contributed by atoms with Crippen molar-refractivity contribution in [1.29, 1.82) is 0 Å². The van der Waals surface area contributed by atoms with Crippen molar-refractivity contribution >= 4 is 17.7 Å². The maximum Gasteiger partial charge on any atom is 0.261 e. The summed E-state index contributed by atoms with van der Waals surface area (Å²) in [5.41, 5.74) is 0.914. The standard InChI is InChI=1S/C21H22N2O5/c24-19(22-8-2-9-27-13-14-4-5-14)15-6-7-17-18(11-15)21(26)23(20(17)25)12-16-3-1-10-28-16/h1,3,6-7,10-11,14H,2,4-5,8-9,12-13H2,(H,22,24). The van der Waals surface area contributed by atoms with Crippen LogP contribution in [0.2, 0.25) is 0 Å². The monoisotopic (exact) mass is 382 g/mol. The zero-order valence-electron chi connectivity index (χ0n) is 15.5. The van der Waals surface area contributed by atoms with E-state index in [2.05, 4.69) is 5.32 Å². The van der Waals surface area contributed by atoms with E-state index in [0.717, 1.165) is 23.8 Å². The molecule has 7 heteroatoms. The van der Waals surface area contributed by atoms with Gasteiger partial charge in [-0.2, -0.15) is 0 Å². The molecule has 1 aromatic carbocycles. The van der Waals surface area contributed by atoms with E-state index in [1.54, 1.807) is 18.2 Å². The van der Waals surface area contributed by atoms with Crippen molar-refractivity contribution in [2.24, 2.45) is 5.92 Å². The van der Waals surface area contributed by atoms with Crippen molar-refractivity contribution in [3.8, 4) is 0 Å². The molecule has 2 aromatic rings. The summed E-state index contributed by atoms with van der Waals surface area (Å²) < 4.78 is 10.8. The fraction of sp³-hybridized carbons (Fsp3) is 0.381. The van der Waals surface area contributed by atoms with Gasteiger partial charge in [-0.25, -0.2) is 0 Å². The number of carbonyl (C=O) groups is 3. The molecule has 0 radical (unpaired) electrons. The second kappa shape index (κ2) is 7.98. The van der Waals surface area contributed by atoms with E-state index in [-0.39, 0.29) is 23.9 Å². The molecule has 1 fully saturated rings. The molecule has 28 heavy (non-hydrogen) atoms. The van der Waals surface area contributed by atoms with Crippen molar-refractivity contribution in [3.63, 3.8) is 0 Å². The molecule has 1 aliphatic heterocycles. The maximum absolute atomic E-state index is 12.6. The van der Waals surface area contributed by atoms with Crippen molar-refractivity contribution in [2.45, 2.75) is 25.8 Å². The lowest BCUT2D eigenvalue weighted by Crippen LogP contribution is -2.28. The molecule has 0 unspecified atom stereocenters. The number of nitrogens with zero attached hydrogens (tertiary/aromatic N) is 1. The van der Waals surface area contributed by atoms with E-state index in [1.165, 1.54) is 31.2 Å². The molecule has 0 atom stereocenters. The van der Waals surface area contributed by atoms with Crippen LogP contribution >= 0.6 is 0 Å². The molecule has 0 saturated heterocycles. The molecule has 7 nitrogen and oxygen atoms in total. The third-order valence-corrected chi connectivity index (χ3v) is 4.93. The first-order valence-corrected chi connectivity index (χ1v) is 9.52. The van der Waals surface area contributed by atoms with Crippen LogP contribution in [0.3, 0.4) is 0 Å². The second-order valence-corrected chi connectivity index (χ2v) is 7.16. The Balaban J connectivity index is 1.33. The topological polar surface area (TPSA) is 88.8 Å². The first kappa shape index (κ1) is 18.4. The number of hydrogen-bond donors (Lipinski definition) is 1. The van der Waals surface area contributed by atoms with Gasteiger partial charge in [-0.15, -0.1) is 0 Å². The molecule has 3 amide bonds. The van der Waals surface area contributed by atoms with Gasteiger partial charge in [-0.05, 0) is 55.5 Å². The minimum absolute atomic E-state index is 0.0712. The lowest BCUT2D eigenvalue weighted by molar-refractivity contribution is 0.0631. The number of benzene rings is 1. The summed E-state index contributed by atoms with van der Waals surface area (Å²) in [6.07, 6.45) is 4.75. The average Bonchev–Trinajstić information content (AvgIpc) is 3.33. The number of fused-ring (bicyclic) bond motifs is 1. The minimum Gasteiger partial charge on any atom is -0.467 e. The highest BCUT2D eigenvalue weighted by Crippen LogP contribution is 2.28. The molecule has 1 aromatic heterocycles. The highest BCUT2D eigenvalue weighted by atomic mass is 16.5. The normalized spacial score (nSPS) is 15.8. The van der Waals surface area contributed by atoms with Gasteiger partial charge in [-0.3, -0.25) is 19.3 Å². The summed E-state index contributed by atoms with van der Waals surface area (Å²) in [4.78, 5) is 38.6. The maximum atomic E-state index is 12.6. The van der Waals surface area contributed by atoms with Crippen LogP contribution in [-0.2, 0) is 11.3 Å². The van der Waals surface area contributed by atoms with Crippen LogP contribution in [0.15, 0.2) is 41.0 Å². The van der Waals surface area contributed by atoms with Gasteiger partial charge in [0, 0.05) is 25.3 Å². The Bertz CT molecular complexity index is 886. The van der Waals surface area contributed by atoms with E-state index in [4.69, 9.17) is 9.15 Å². The number of rotatable bonds is 9. The summed E-state index contributed by atoms with van der Waals surface area (Å²) in [6.45, 7) is 2.00. The van der Waals surface area contributed by atoms with Gasteiger partial charge in [0.15, 0.2) is 0 Å². The number of hydrogen-bond acceptors (Lipinski definition) is 5. The molecule has 1 aliphatic carbocycles. The van der Waals surface area contributed by atoms with E-state index in [1.807, 2.05) is 0 Å². The highest BCUT2D eigenvalue weighted by molar-refractivity contribution is 6.21. The van der Waals surface area contributed by atoms with Crippen molar-refractivity contribution in [3.05, 3.63) is 59.0 Å². The van der Waals surface area contributed by atoms with Gasteiger partial charge < -0.3 is 14.5 Å². The summed E-state index contributed by atoms with van der Waals surface area (Å²) >= 11 is 0. The zero-order valence-corrected chi connectivity index (χ0v) is 15.5. The van der Waals surface area contributed by atoms with E-state index in [9.17, 15) is 14.4 Å². The Morgan fingerprint density at radius 3 is 2.75 bits per heavy atom. The minimum atomic E-state index is -0.417. The highest BCUT2D eigenvalue weighted by Gasteiger charge is 2.36. The lowest BCUT2D eigenvalue weighted by Gasteiger charge is -2.11. The Morgan fingerprint density at radius 1 is 1.18 bits per heavy atom. The lowest BCUT2D eigenvalue weighted by atomic mass is 10.1. The van der Waals surface area contributed by atoms with Gasteiger partial charge in [0.05, 0.1) is 23.9 Å². The Hall–Kier alpha value is -2.93. The van der Waals surface area contributed by atoms with Crippen molar-refractivity contribution in [2.75, 3.05) is 19.8 Å². The van der Waals surface area contributed by atoms with Crippen LogP contribution < -0.4 is 5.32 Å². The summed E-state index contributed by atoms with van der Waals surface area (Å²) in [5, 5.41) is 2.82. The first-order chi connectivity index (χ1) is 13.6. The summed E-state index contributed by atoms with van der Waals surface area (Å²) in [5.74, 6) is 0.190. The summed E-state index contributed by atoms with van der Waals surface area (Å²) in [6, 6.07) is 7.99. The average molecular weight is 382 g/mol. The molecule has 0 spiro atoms. The van der Waals surface area contributed by atoms with Gasteiger partial charge in [0.2, 0.25) is 0 Å². The predicted octanol–water partition coefficient (Wildman–Crippen LogP) is 2.62. The molecular formula is C21H22N2O5. The van der Waals surface area contributed by atoms with Gasteiger partial charge >= 0.3 is 0 Å². The van der Waals surface area contributed by atoms with E-state index < -0.39 is 5.91 Å². The largest absolute Gasteiger partial charge is 0.467 e. The predicted molar refractivity (Wildman–Crippen MR) is 99.8 cm³/mol. The van der Waals surface area contributed by atoms with Crippen molar-refractivity contribution < 1.29 is 23.5 Å². The van der Waals surface area contributed by atoms with E-state index in [0.29, 0.717) is 30.0 Å². The van der Waals surface area contributed by atoms with Gasteiger partial charge in [0.25, 0.3) is 17.7 Å². The van der Waals surface area contributed by atoms with Crippen LogP contribution in [0.1, 0.15) is 56.1 Å². The third kappa shape index (κ3) is 3.99. The number of nitrogens with one attached hydrogen (secondary N) is 1. The Kier molecular flexibility index (Phi) is 5.25. The van der Waals surface area contributed by atoms with Crippen LogP contribution in [0.4, 0.5) is 0 Å². The molecule has 1 saturated carbocycles. The quantitative estimate of drug-likeness (QED) is 0.532. The fourth-order valence-corrected chi connectivity index (χ4v) is 3.15. The molecule has 4 rings (SSSR count). The third-order valence-electron chi connectivity index (χ3n) is 4.93. The van der Waals surface area contributed by atoms with Crippen LogP contribution in [-0.4, -0.2) is 42.4 Å². The fourth-order valence-electron chi connectivity index (χ4n) is 3.15. The molecule has 0 bridgehead atoms. The second-order valence-electron chi connectivity index (χ2n) is 7.16. The summed E-state index contributed by atoms with van der Waals surface area (Å²) in [7, 11) is 0. The van der Waals surface area contributed by atoms with Crippen LogP contribution in [0, 0.1) is 5.92 Å². The Labute approximate surface area is 162 Å². The number of furan rings is 1. The number of carbonyl (C=O) groups excluding carboxylic acids is 3. The smallest absolute Gasteiger partial charge is 0.261 e. The zero-order chi connectivity index (χ0) is 19.5. The number of imide groups is 1. The Morgan fingerprint density at radius 2 is 2.00 bits per heavy atom.